The number of β-amino-alcohol motifs (C(OH)–C–C–N with tert-alkyl or cyclic N) is 1. The molecule has 0 aliphatic carbocycles. The zero-order valence-corrected chi connectivity index (χ0v) is 17.0. The summed E-state index contributed by atoms with van der Waals surface area (Å²) >= 11 is 2.76. The molecule has 14 heteroatoms. The second-order valence-corrected chi connectivity index (χ2v) is 8.47. The molecule has 0 saturated carbocycles. The monoisotopic (exact) mass is 502 g/mol. The van der Waals surface area contributed by atoms with Crippen molar-refractivity contribution in [3.63, 3.8) is 0 Å². The van der Waals surface area contributed by atoms with E-state index in [1.54, 1.807) is 0 Å². The van der Waals surface area contributed by atoms with Crippen LogP contribution in [-0.4, -0.2) is 67.7 Å². The molecule has 1 aromatic carbocycles. The van der Waals surface area contributed by atoms with Crippen molar-refractivity contribution < 1.29 is 46.1 Å². The van der Waals surface area contributed by atoms with Crippen molar-refractivity contribution in [1.82, 2.24) is 4.90 Å². The van der Waals surface area contributed by atoms with E-state index in [0.717, 1.165) is 12.0 Å². The molecule has 0 spiro atoms. The standard InChI is InChI=1S/C15H14BrF3N2O7S/c1-28-14(25)8-6-21(2-3-22)13(24)11(8)20-10-5-7(4-9(16)12(10)23)29(26,27)15(17,18)19/h4-5,20,22-23H,2-3,6H2,1H3. The smallest absolute Gasteiger partial charge is 0.501 e. The highest BCUT2D eigenvalue weighted by Crippen LogP contribution is 2.40. The number of nitrogens with zero attached hydrogens (tertiary/aromatic N) is 1. The molecule has 3 N–H and O–H groups in total. The summed E-state index contributed by atoms with van der Waals surface area (Å²) < 4.78 is 66.1. The van der Waals surface area contributed by atoms with Crippen LogP contribution in [0.1, 0.15) is 0 Å². The Hall–Kier alpha value is -2.32. The van der Waals surface area contributed by atoms with Gasteiger partial charge in [0, 0.05) is 6.54 Å². The summed E-state index contributed by atoms with van der Waals surface area (Å²) in [5.41, 5.74) is -6.82. The number of anilines is 1. The number of esters is 1. The predicted octanol–water partition coefficient (Wildman–Crippen LogP) is 1.12. The van der Waals surface area contributed by atoms with Gasteiger partial charge in [-0.1, -0.05) is 0 Å². The Morgan fingerprint density at radius 3 is 2.52 bits per heavy atom. The minimum absolute atomic E-state index is 0.150. The highest BCUT2D eigenvalue weighted by molar-refractivity contribution is 9.10. The Morgan fingerprint density at radius 2 is 2.00 bits per heavy atom. The van der Waals surface area contributed by atoms with Crippen molar-refractivity contribution in [3.8, 4) is 5.75 Å². The highest BCUT2D eigenvalue weighted by atomic mass is 79.9. The van der Waals surface area contributed by atoms with Gasteiger partial charge < -0.3 is 25.2 Å². The number of ether oxygens (including phenoxy) is 1. The molecule has 160 valence electrons. The molecule has 0 aromatic heterocycles. The number of carbonyl (C=O) groups is 2. The van der Waals surface area contributed by atoms with E-state index in [9.17, 15) is 36.3 Å². The third-order valence-electron chi connectivity index (χ3n) is 3.87. The number of aliphatic hydroxyl groups is 1. The number of nitrogens with one attached hydrogen (secondary N) is 1. The van der Waals surface area contributed by atoms with Crippen molar-refractivity contribution >= 4 is 43.3 Å². The maximum Gasteiger partial charge on any atom is 0.501 e. The summed E-state index contributed by atoms with van der Waals surface area (Å²) in [6, 6.07) is 1.03. The number of carbonyl (C=O) groups excluding carboxylic acids is 2. The van der Waals surface area contributed by atoms with Crippen LogP contribution in [0, 0.1) is 0 Å². The number of rotatable bonds is 6. The first kappa shape index (κ1) is 23.0. The Balaban J connectivity index is 2.57. The topological polar surface area (TPSA) is 133 Å². The molecule has 0 bridgehead atoms. The van der Waals surface area contributed by atoms with Crippen molar-refractivity contribution in [2.75, 3.05) is 32.1 Å². The van der Waals surface area contributed by atoms with E-state index < -0.39 is 60.3 Å². The zero-order valence-electron chi connectivity index (χ0n) is 14.6. The Kier molecular flexibility index (Phi) is 6.49. The SMILES string of the molecule is COC(=O)C1=C(Nc2cc(S(=O)(=O)C(F)(F)F)cc(Br)c2O)C(=O)N(CCO)C1. The molecule has 1 amide bonds. The molecule has 1 aliphatic rings. The number of methoxy groups -OCH3 is 1. The molecular weight excluding hydrogens is 489 g/mol. The molecule has 0 unspecified atom stereocenters. The van der Waals surface area contributed by atoms with Crippen LogP contribution >= 0.6 is 15.9 Å². The van der Waals surface area contributed by atoms with Gasteiger partial charge in [0.25, 0.3) is 15.7 Å². The maximum atomic E-state index is 12.9. The second-order valence-electron chi connectivity index (χ2n) is 5.67. The summed E-state index contributed by atoms with van der Waals surface area (Å²) in [6.07, 6.45) is 0. The molecule has 0 atom stereocenters. The van der Waals surface area contributed by atoms with Gasteiger partial charge >= 0.3 is 11.5 Å². The molecule has 1 aromatic rings. The van der Waals surface area contributed by atoms with Gasteiger partial charge in [-0.05, 0) is 28.1 Å². The van der Waals surface area contributed by atoms with Crippen LogP contribution in [0.4, 0.5) is 18.9 Å². The number of hydrogen-bond acceptors (Lipinski definition) is 8. The minimum atomic E-state index is -5.76. The van der Waals surface area contributed by atoms with Crippen LogP contribution in [0.25, 0.3) is 0 Å². The van der Waals surface area contributed by atoms with Crippen LogP contribution in [0.2, 0.25) is 0 Å². The first-order valence-corrected chi connectivity index (χ1v) is 9.95. The molecule has 0 saturated heterocycles. The van der Waals surface area contributed by atoms with E-state index in [1.165, 1.54) is 0 Å². The van der Waals surface area contributed by atoms with E-state index in [4.69, 9.17) is 5.11 Å². The number of aliphatic hydroxyl groups excluding tert-OH is 1. The largest absolute Gasteiger partial charge is 0.505 e. The van der Waals surface area contributed by atoms with Crippen molar-refractivity contribution in [2.24, 2.45) is 0 Å². The number of hydrogen-bond donors (Lipinski definition) is 3. The van der Waals surface area contributed by atoms with Crippen molar-refractivity contribution in [1.29, 1.82) is 0 Å². The van der Waals surface area contributed by atoms with Crippen LogP contribution in [0.15, 0.2) is 32.8 Å². The number of sulfone groups is 1. The average Bonchev–Trinajstić information content (AvgIpc) is 2.93. The summed E-state index contributed by atoms with van der Waals surface area (Å²) in [5.74, 6) is -2.44. The third kappa shape index (κ3) is 4.33. The lowest BCUT2D eigenvalue weighted by molar-refractivity contribution is -0.136. The number of amides is 1. The molecule has 1 aliphatic heterocycles. The average molecular weight is 503 g/mol. The lowest BCUT2D eigenvalue weighted by atomic mass is 10.2. The van der Waals surface area contributed by atoms with Crippen LogP contribution in [0.3, 0.4) is 0 Å². The van der Waals surface area contributed by atoms with Gasteiger partial charge in [-0.15, -0.1) is 0 Å². The van der Waals surface area contributed by atoms with Crippen LogP contribution < -0.4 is 5.32 Å². The van der Waals surface area contributed by atoms with Gasteiger partial charge in [0.1, 0.15) is 5.70 Å². The first-order valence-electron chi connectivity index (χ1n) is 7.67. The van der Waals surface area contributed by atoms with Crippen molar-refractivity contribution in [2.45, 2.75) is 10.4 Å². The predicted molar refractivity (Wildman–Crippen MR) is 95.4 cm³/mol. The molecule has 0 fully saturated rings. The number of benzene rings is 1. The maximum absolute atomic E-state index is 12.9. The summed E-state index contributed by atoms with van der Waals surface area (Å²) in [4.78, 5) is 24.3. The highest BCUT2D eigenvalue weighted by Gasteiger charge is 2.47. The van der Waals surface area contributed by atoms with Gasteiger partial charge in [0.2, 0.25) is 0 Å². The van der Waals surface area contributed by atoms with Crippen LogP contribution in [-0.2, 0) is 24.2 Å². The second kappa shape index (κ2) is 8.20. The fraction of sp³-hybridized carbons (Fsp3) is 0.333. The molecule has 2 rings (SSSR count). The lowest BCUT2D eigenvalue weighted by Crippen LogP contribution is -2.31. The van der Waals surface area contributed by atoms with E-state index in [1.807, 2.05) is 0 Å². The van der Waals surface area contributed by atoms with Gasteiger partial charge in [0.05, 0.1) is 40.9 Å². The quantitative estimate of drug-likeness (QED) is 0.389. The Labute approximate surface area is 170 Å². The summed E-state index contributed by atoms with van der Waals surface area (Å²) in [5, 5.41) is 21.4. The Morgan fingerprint density at radius 1 is 1.38 bits per heavy atom. The van der Waals surface area contributed by atoms with Crippen molar-refractivity contribution in [3.05, 3.63) is 27.9 Å². The molecule has 0 radical (unpaired) electrons. The van der Waals surface area contributed by atoms with Gasteiger partial charge in [-0.2, -0.15) is 13.2 Å². The number of halogens is 4. The lowest BCUT2D eigenvalue weighted by Gasteiger charge is -2.16. The Bertz CT molecular complexity index is 992. The van der Waals surface area contributed by atoms with Gasteiger partial charge in [-0.25, -0.2) is 13.2 Å². The van der Waals surface area contributed by atoms with Gasteiger partial charge in [-0.3, -0.25) is 4.79 Å². The fourth-order valence-electron chi connectivity index (χ4n) is 2.44. The molecule has 1 heterocycles. The first-order chi connectivity index (χ1) is 13.3. The number of phenolic OH excluding ortho intramolecular Hbond substituents is 1. The zero-order chi connectivity index (χ0) is 22.1. The fourth-order valence-corrected chi connectivity index (χ4v) is 3.87. The minimum Gasteiger partial charge on any atom is -0.505 e. The van der Waals surface area contributed by atoms with Gasteiger partial charge in [0.15, 0.2) is 5.75 Å². The normalized spacial score (nSPS) is 15.1. The van der Waals surface area contributed by atoms with E-state index in [-0.39, 0.29) is 18.7 Å². The third-order valence-corrected chi connectivity index (χ3v) is 5.94. The molecule has 29 heavy (non-hydrogen) atoms. The van der Waals surface area contributed by atoms with E-state index in [0.29, 0.717) is 12.1 Å². The van der Waals surface area contributed by atoms with Crippen LogP contribution in [0.5, 0.6) is 5.75 Å². The molecule has 9 nitrogen and oxygen atoms in total. The number of alkyl halides is 3. The summed E-state index contributed by atoms with van der Waals surface area (Å²) in [7, 11) is -4.72. The molecular formula is C15H14BrF3N2O7S. The van der Waals surface area contributed by atoms with E-state index in [2.05, 4.69) is 26.0 Å². The number of aromatic hydroxyl groups is 1. The number of phenols is 1. The van der Waals surface area contributed by atoms with E-state index >= 15 is 0 Å². The summed E-state index contributed by atoms with van der Waals surface area (Å²) in [6.45, 7) is -0.844.